The highest BCUT2D eigenvalue weighted by Gasteiger charge is 2.21. The van der Waals surface area contributed by atoms with Gasteiger partial charge in [-0.2, -0.15) is 10.4 Å². The van der Waals surface area contributed by atoms with Crippen LogP contribution in [0.15, 0.2) is 23.3 Å². The van der Waals surface area contributed by atoms with E-state index in [1.807, 2.05) is 13.0 Å². The number of hydrogen-bond donors (Lipinski definition) is 2. The summed E-state index contributed by atoms with van der Waals surface area (Å²) >= 11 is 0. The molecule has 17 heavy (non-hydrogen) atoms. The zero-order valence-electron chi connectivity index (χ0n) is 9.40. The van der Waals surface area contributed by atoms with Crippen LogP contribution in [0, 0.1) is 17.2 Å². The first-order chi connectivity index (χ1) is 8.11. The van der Waals surface area contributed by atoms with Crippen LogP contribution in [0.3, 0.4) is 0 Å². The normalized spacial score (nSPS) is 19.2. The quantitative estimate of drug-likeness (QED) is 0.702. The number of nitrogens with two attached hydrogens (primary N) is 1. The summed E-state index contributed by atoms with van der Waals surface area (Å²) in [6.07, 6.45) is 0.415. The molecule has 3 N–H and O–H groups in total. The Hall–Kier alpha value is -2.35. The van der Waals surface area contributed by atoms with Gasteiger partial charge in [-0.25, -0.2) is 5.43 Å². The molecule has 1 aromatic carbocycles. The van der Waals surface area contributed by atoms with Crippen molar-refractivity contribution in [1.82, 2.24) is 5.43 Å². The maximum absolute atomic E-state index is 11.1. The summed E-state index contributed by atoms with van der Waals surface area (Å²) in [5.74, 6) is -0.0287. The summed E-state index contributed by atoms with van der Waals surface area (Å²) in [6.45, 7) is 1.94. The van der Waals surface area contributed by atoms with Crippen LogP contribution >= 0.6 is 0 Å². The Kier molecular flexibility index (Phi) is 2.79. The number of nitriles is 1. The van der Waals surface area contributed by atoms with Gasteiger partial charge in [-0.15, -0.1) is 0 Å². The number of nitrogen functional groups attached to an aromatic ring is 1. The van der Waals surface area contributed by atoms with Gasteiger partial charge in [0, 0.05) is 17.9 Å². The van der Waals surface area contributed by atoms with Crippen LogP contribution in [0.25, 0.3) is 0 Å². The first-order valence-corrected chi connectivity index (χ1v) is 5.28. The Balaban J connectivity index is 2.39. The molecule has 0 radical (unpaired) electrons. The molecule has 0 bridgehead atoms. The molecule has 0 aliphatic carbocycles. The Labute approximate surface area is 98.9 Å². The van der Waals surface area contributed by atoms with Crippen molar-refractivity contribution in [3.05, 3.63) is 29.3 Å². The van der Waals surface area contributed by atoms with Gasteiger partial charge in [0.15, 0.2) is 0 Å². The second-order valence-corrected chi connectivity index (χ2v) is 4.05. The molecule has 86 valence electrons. The smallest absolute Gasteiger partial charge is 0.240 e. The summed E-state index contributed by atoms with van der Waals surface area (Å²) in [5, 5.41) is 12.8. The number of hydrogen-bond acceptors (Lipinski definition) is 4. The van der Waals surface area contributed by atoms with Crippen LogP contribution in [-0.2, 0) is 4.79 Å². The maximum Gasteiger partial charge on any atom is 0.240 e. The minimum Gasteiger partial charge on any atom is -0.398 e. The number of carbonyl (C=O) groups is 1. The summed E-state index contributed by atoms with van der Waals surface area (Å²) < 4.78 is 0. The van der Waals surface area contributed by atoms with Crippen LogP contribution < -0.4 is 11.2 Å². The molecule has 1 amide bonds. The minimum absolute atomic E-state index is 0.0519. The van der Waals surface area contributed by atoms with Crippen LogP contribution in [-0.4, -0.2) is 11.6 Å². The van der Waals surface area contributed by atoms with E-state index in [4.69, 9.17) is 11.0 Å². The fraction of sp³-hybridized carbons (Fsp3) is 0.250. The lowest BCUT2D eigenvalue weighted by Crippen LogP contribution is -2.32. The number of hydrazone groups is 1. The molecule has 1 aliphatic rings. The molecule has 0 aromatic heterocycles. The fourth-order valence-corrected chi connectivity index (χ4v) is 1.83. The lowest BCUT2D eigenvalue weighted by molar-refractivity contribution is -0.121. The van der Waals surface area contributed by atoms with Crippen LogP contribution in [0.4, 0.5) is 5.69 Å². The van der Waals surface area contributed by atoms with Gasteiger partial charge in [-0.05, 0) is 12.1 Å². The Bertz CT molecular complexity index is 542. The first kappa shape index (κ1) is 11.1. The summed E-state index contributed by atoms with van der Waals surface area (Å²) in [4.78, 5) is 11.1. The molecular weight excluding hydrogens is 216 g/mol. The number of benzene rings is 1. The number of nitrogens with one attached hydrogen (secondary N) is 1. The maximum atomic E-state index is 11.1. The summed E-state index contributed by atoms with van der Waals surface area (Å²) in [5.41, 5.74) is 10.7. The minimum atomic E-state index is -0.0807. The topological polar surface area (TPSA) is 91.3 Å². The van der Waals surface area contributed by atoms with E-state index in [0.29, 0.717) is 17.7 Å². The van der Waals surface area contributed by atoms with Gasteiger partial charge in [0.2, 0.25) is 5.91 Å². The molecule has 5 heteroatoms. The molecule has 1 unspecified atom stereocenters. The van der Waals surface area contributed by atoms with E-state index in [0.717, 1.165) is 11.3 Å². The van der Waals surface area contributed by atoms with Gasteiger partial charge in [-0.3, -0.25) is 4.79 Å². The SMILES string of the molecule is CC1CC(=O)NN=C1c1ccc(C#N)c(N)c1. The zero-order chi connectivity index (χ0) is 12.4. The lowest BCUT2D eigenvalue weighted by atomic mass is 9.93. The van der Waals surface area contributed by atoms with E-state index >= 15 is 0 Å². The van der Waals surface area contributed by atoms with Gasteiger partial charge in [0.05, 0.1) is 17.0 Å². The van der Waals surface area contributed by atoms with Crippen molar-refractivity contribution in [2.45, 2.75) is 13.3 Å². The number of amides is 1. The van der Waals surface area contributed by atoms with Crippen molar-refractivity contribution < 1.29 is 4.79 Å². The highest BCUT2D eigenvalue weighted by atomic mass is 16.2. The predicted octanol–water partition coefficient (Wildman–Crippen LogP) is 1.00. The lowest BCUT2D eigenvalue weighted by Gasteiger charge is -2.19. The molecule has 1 aromatic rings. The Morgan fingerprint density at radius 2 is 2.35 bits per heavy atom. The average Bonchev–Trinajstić information content (AvgIpc) is 2.29. The fourth-order valence-electron chi connectivity index (χ4n) is 1.83. The van der Waals surface area contributed by atoms with E-state index in [2.05, 4.69) is 10.5 Å². The predicted molar refractivity (Wildman–Crippen MR) is 64.0 cm³/mol. The van der Waals surface area contributed by atoms with E-state index in [1.54, 1.807) is 18.2 Å². The van der Waals surface area contributed by atoms with Crippen LogP contribution in [0.5, 0.6) is 0 Å². The Morgan fingerprint density at radius 1 is 1.59 bits per heavy atom. The molecule has 1 atom stereocenters. The van der Waals surface area contributed by atoms with Crippen LogP contribution in [0.2, 0.25) is 0 Å². The number of carbonyl (C=O) groups excluding carboxylic acids is 1. The summed E-state index contributed by atoms with van der Waals surface area (Å²) in [7, 11) is 0. The largest absolute Gasteiger partial charge is 0.398 e. The third kappa shape index (κ3) is 2.11. The van der Waals surface area contributed by atoms with Crippen molar-refractivity contribution in [3.63, 3.8) is 0 Å². The van der Waals surface area contributed by atoms with Gasteiger partial charge < -0.3 is 5.73 Å². The number of anilines is 1. The zero-order valence-corrected chi connectivity index (χ0v) is 9.40. The first-order valence-electron chi connectivity index (χ1n) is 5.28. The van der Waals surface area contributed by atoms with Gasteiger partial charge in [-0.1, -0.05) is 13.0 Å². The third-order valence-electron chi connectivity index (χ3n) is 2.73. The Morgan fingerprint density at radius 3 is 2.94 bits per heavy atom. The average molecular weight is 228 g/mol. The van der Waals surface area contributed by atoms with Gasteiger partial charge in [0.1, 0.15) is 6.07 Å². The molecule has 5 nitrogen and oxygen atoms in total. The molecule has 0 fully saturated rings. The standard InChI is InChI=1S/C12H12N4O/c1-7-4-11(17)15-16-12(7)8-2-3-9(6-13)10(14)5-8/h2-3,5,7H,4,14H2,1H3,(H,15,17). The second-order valence-electron chi connectivity index (χ2n) is 4.05. The highest BCUT2D eigenvalue weighted by Crippen LogP contribution is 2.20. The van der Waals surface area contributed by atoms with E-state index in [-0.39, 0.29) is 11.8 Å². The van der Waals surface area contributed by atoms with Gasteiger partial charge in [0.25, 0.3) is 0 Å². The molecule has 0 spiro atoms. The van der Waals surface area contributed by atoms with E-state index in [1.165, 1.54) is 0 Å². The van der Waals surface area contributed by atoms with E-state index in [9.17, 15) is 4.79 Å². The molecule has 0 saturated heterocycles. The monoisotopic (exact) mass is 228 g/mol. The number of rotatable bonds is 1. The van der Waals surface area contributed by atoms with Crippen molar-refractivity contribution in [1.29, 1.82) is 5.26 Å². The van der Waals surface area contributed by atoms with Crippen LogP contribution in [0.1, 0.15) is 24.5 Å². The molecule has 1 aliphatic heterocycles. The number of nitrogens with zero attached hydrogens (tertiary/aromatic N) is 2. The molecular formula is C12H12N4O. The summed E-state index contributed by atoms with van der Waals surface area (Å²) in [6, 6.07) is 7.18. The van der Waals surface area contributed by atoms with E-state index < -0.39 is 0 Å². The molecule has 0 saturated carbocycles. The molecule has 2 rings (SSSR count). The van der Waals surface area contributed by atoms with Crippen molar-refractivity contribution in [3.8, 4) is 6.07 Å². The van der Waals surface area contributed by atoms with Crippen molar-refractivity contribution in [2.75, 3.05) is 5.73 Å². The third-order valence-corrected chi connectivity index (χ3v) is 2.73. The van der Waals surface area contributed by atoms with Gasteiger partial charge >= 0.3 is 0 Å². The molecule has 1 heterocycles. The second kappa shape index (κ2) is 4.26. The van der Waals surface area contributed by atoms with Crippen molar-refractivity contribution in [2.24, 2.45) is 11.0 Å². The highest BCUT2D eigenvalue weighted by molar-refractivity contribution is 6.06. The van der Waals surface area contributed by atoms with Crippen molar-refractivity contribution >= 4 is 17.3 Å².